The standard InChI is InChI=1S/C15H18Cl2N2O/c1-20-13-7-3-6-12(13)19-14(8-9-16)18-11-5-2-4-10(17)15(11)19/h2,4-5,12-13H,3,6-9H2,1H3. The van der Waals surface area contributed by atoms with E-state index in [1.807, 2.05) is 18.2 Å². The summed E-state index contributed by atoms with van der Waals surface area (Å²) in [6.45, 7) is 0. The van der Waals surface area contributed by atoms with Gasteiger partial charge in [0.2, 0.25) is 0 Å². The smallest absolute Gasteiger partial charge is 0.111 e. The van der Waals surface area contributed by atoms with Crippen molar-refractivity contribution in [2.45, 2.75) is 37.8 Å². The van der Waals surface area contributed by atoms with Gasteiger partial charge in [0.05, 0.1) is 28.2 Å². The van der Waals surface area contributed by atoms with Crippen LogP contribution in [-0.4, -0.2) is 28.6 Å². The summed E-state index contributed by atoms with van der Waals surface area (Å²) in [5.74, 6) is 1.57. The molecule has 0 amide bonds. The molecule has 1 fully saturated rings. The van der Waals surface area contributed by atoms with E-state index in [1.165, 1.54) is 6.42 Å². The summed E-state index contributed by atoms with van der Waals surface area (Å²) in [7, 11) is 1.78. The molecule has 5 heteroatoms. The number of rotatable bonds is 4. The minimum atomic E-state index is 0.234. The summed E-state index contributed by atoms with van der Waals surface area (Å²) in [5.41, 5.74) is 1.96. The maximum Gasteiger partial charge on any atom is 0.111 e. The number of nitrogens with zero attached hydrogens (tertiary/aromatic N) is 2. The summed E-state index contributed by atoms with van der Waals surface area (Å²) < 4.78 is 7.91. The third-order valence-electron chi connectivity index (χ3n) is 4.10. The van der Waals surface area contributed by atoms with Crippen LogP contribution in [0.1, 0.15) is 31.1 Å². The maximum absolute atomic E-state index is 6.41. The number of benzene rings is 1. The molecule has 2 unspecified atom stereocenters. The van der Waals surface area contributed by atoms with Crippen LogP contribution in [-0.2, 0) is 11.2 Å². The predicted molar refractivity (Wildman–Crippen MR) is 82.9 cm³/mol. The molecule has 0 N–H and O–H groups in total. The zero-order valence-electron chi connectivity index (χ0n) is 11.5. The van der Waals surface area contributed by atoms with Gasteiger partial charge in [0.1, 0.15) is 5.82 Å². The van der Waals surface area contributed by atoms with Crippen molar-refractivity contribution < 1.29 is 4.74 Å². The van der Waals surface area contributed by atoms with Crippen LogP contribution in [0, 0.1) is 0 Å². The number of halogens is 2. The Hall–Kier alpha value is -0.770. The minimum Gasteiger partial charge on any atom is -0.379 e. The second kappa shape index (κ2) is 5.92. The molecule has 0 saturated heterocycles. The van der Waals surface area contributed by atoms with E-state index in [1.54, 1.807) is 7.11 Å². The highest BCUT2D eigenvalue weighted by Gasteiger charge is 2.31. The average molecular weight is 313 g/mol. The molecule has 1 aromatic carbocycles. The summed E-state index contributed by atoms with van der Waals surface area (Å²) in [4.78, 5) is 4.72. The van der Waals surface area contributed by atoms with Crippen molar-refractivity contribution in [2.75, 3.05) is 13.0 Å². The number of alkyl halides is 1. The number of aromatic nitrogens is 2. The number of methoxy groups -OCH3 is 1. The second-order valence-corrected chi connectivity index (χ2v) is 6.00. The molecule has 2 aromatic rings. The average Bonchev–Trinajstić information content (AvgIpc) is 3.02. The van der Waals surface area contributed by atoms with Crippen LogP contribution >= 0.6 is 23.2 Å². The molecule has 0 radical (unpaired) electrons. The maximum atomic E-state index is 6.41. The van der Waals surface area contributed by atoms with E-state index in [-0.39, 0.29) is 6.10 Å². The molecule has 2 atom stereocenters. The van der Waals surface area contributed by atoms with Gasteiger partial charge < -0.3 is 9.30 Å². The van der Waals surface area contributed by atoms with Crippen LogP contribution in [0.4, 0.5) is 0 Å². The van der Waals surface area contributed by atoms with Crippen molar-refractivity contribution in [2.24, 2.45) is 0 Å². The first-order valence-electron chi connectivity index (χ1n) is 7.00. The highest BCUT2D eigenvalue weighted by Crippen LogP contribution is 2.37. The van der Waals surface area contributed by atoms with Crippen LogP contribution in [0.25, 0.3) is 11.0 Å². The second-order valence-electron chi connectivity index (χ2n) is 5.22. The van der Waals surface area contributed by atoms with Gasteiger partial charge in [-0.05, 0) is 31.4 Å². The molecule has 1 aliphatic carbocycles. The Bertz CT molecular complexity index is 611. The largest absolute Gasteiger partial charge is 0.379 e. The highest BCUT2D eigenvalue weighted by atomic mass is 35.5. The summed E-state index contributed by atoms with van der Waals surface area (Å²) in [5, 5.41) is 0.748. The fourth-order valence-corrected chi connectivity index (χ4v) is 3.68. The lowest BCUT2D eigenvalue weighted by Crippen LogP contribution is -2.22. The van der Waals surface area contributed by atoms with Gasteiger partial charge in [-0.25, -0.2) is 4.98 Å². The van der Waals surface area contributed by atoms with E-state index in [2.05, 4.69) is 4.57 Å². The molecule has 0 spiro atoms. The first-order valence-corrected chi connectivity index (χ1v) is 7.91. The Morgan fingerprint density at radius 1 is 1.40 bits per heavy atom. The first-order chi connectivity index (χ1) is 9.76. The lowest BCUT2D eigenvalue weighted by molar-refractivity contribution is 0.0753. The van der Waals surface area contributed by atoms with Gasteiger partial charge >= 0.3 is 0 Å². The van der Waals surface area contributed by atoms with Crippen LogP contribution in [0.3, 0.4) is 0 Å². The summed E-state index contributed by atoms with van der Waals surface area (Å²) >= 11 is 12.3. The number of ether oxygens (including phenoxy) is 1. The van der Waals surface area contributed by atoms with Crippen molar-refractivity contribution in [3.05, 3.63) is 29.0 Å². The molecular weight excluding hydrogens is 295 g/mol. The molecule has 1 aromatic heterocycles. The Balaban J connectivity index is 2.17. The number of fused-ring (bicyclic) bond motifs is 1. The van der Waals surface area contributed by atoms with E-state index in [4.69, 9.17) is 32.9 Å². The van der Waals surface area contributed by atoms with Crippen LogP contribution in [0.2, 0.25) is 5.02 Å². The van der Waals surface area contributed by atoms with Gasteiger partial charge in [-0.2, -0.15) is 0 Å². The van der Waals surface area contributed by atoms with E-state index in [9.17, 15) is 0 Å². The van der Waals surface area contributed by atoms with Crippen LogP contribution in [0.5, 0.6) is 0 Å². The molecule has 3 rings (SSSR count). The molecule has 108 valence electrons. The van der Waals surface area contributed by atoms with Crippen molar-refractivity contribution >= 4 is 34.2 Å². The quantitative estimate of drug-likeness (QED) is 0.791. The molecular formula is C15H18Cl2N2O. The fourth-order valence-electron chi connectivity index (χ4n) is 3.25. The van der Waals surface area contributed by atoms with Gasteiger partial charge in [0.25, 0.3) is 0 Å². The van der Waals surface area contributed by atoms with E-state index in [0.29, 0.717) is 11.9 Å². The summed E-state index contributed by atoms with van der Waals surface area (Å²) in [6.07, 6.45) is 4.35. The van der Waals surface area contributed by atoms with E-state index in [0.717, 1.165) is 41.1 Å². The van der Waals surface area contributed by atoms with Crippen molar-refractivity contribution in [3.8, 4) is 0 Å². The van der Waals surface area contributed by atoms with Gasteiger partial charge in [-0.15, -0.1) is 11.6 Å². The SMILES string of the molecule is COC1CCCC1n1c(CCCl)nc2cccc(Cl)c21. The van der Waals surface area contributed by atoms with Crippen molar-refractivity contribution in [3.63, 3.8) is 0 Å². The zero-order chi connectivity index (χ0) is 14.1. The first kappa shape index (κ1) is 14.2. The molecule has 3 nitrogen and oxygen atoms in total. The zero-order valence-corrected chi connectivity index (χ0v) is 13.0. The monoisotopic (exact) mass is 312 g/mol. The van der Waals surface area contributed by atoms with Gasteiger partial charge in [0.15, 0.2) is 0 Å². The Labute approximate surface area is 128 Å². The predicted octanol–water partition coefficient (Wildman–Crippen LogP) is 4.21. The number of para-hydroxylation sites is 1. The summed E-state index contributed by atoms with van der Waals surface area (Å²) in [6, 6.07) is 6.17. The fraction of sp³-hybridized carbons (Fsp3) is 0.533. The minimum absolute atomic E-state index is 0.234. The molecule has 1 aliphatic rings. The van der Waals surface area contributed by atoms with Crippen molar-refractivity contribution in [1.29, 1.82) is 0 Å². The third kappa shape index (κ3) is 2.32. The molecule has 20 heavy (non-hydrogen) atoms. The lowest BCUT2D eigenvalue weighted by Gasteiger charge is -2.23. The van der Waals surface area contributed by atoms with Gasteiger partial charge in [0, 0.05) is 19.4 Å². The Kier molecular flexibility index (Phi) is 4.20. The molecule has 0 aliphatic heterocycles. The lowest BCUT2D eigenvalue weighted by atomic mass is 10.2. The number of imidazole rings is 1. The normalized spacial score (nSPS) is 22.8. The van der Waals surface area contributed by atoms with Crippen LogP contribution in [0.15, 0.2) is 18.2 Å². The number of aryl methyl sites for hydroxylation is 1. The molecule has 0 bridgehead atoms. The van der Waals surface area contributed by atoms with Gasteiger partial charge in [-0.3, -0.25) is 0 Å². The van der Waals surface area contributed by atoms with Crippen LogP contribution < -0.4 is 0 Å². The van der Waals surface area contributed by atoms with Gasteiger partial charge in [-0.1, -0.05) is 17.7 Å². The third-order valence-corrected chi connectivity index (χ3v) is 4.60. The highest BCUT2D eigenvalue weighted by molar-refractivity contribution is 6.35. The molecule has 1 heterocycles. The number of hydrogen-bond acceptors (Lipinski definition) is 2. The van der Waals surface area contributed by atoms with E-state index >= 15 is 0 Å². The molecule has 1 saturated carbocycles. The van der Waals surface area contributed by atoms with E-state index < -0.39 is 0 Å². The topological polar surface area (TPSA) is 27.1 Å². The van der Waals surface area contributed by atoms with Crippen molar-refractivity contribution in [1.82, 2.24) is 9.55 Å². The Morgan fingerprint density at radius 2 is 2.25 bits per heavy atom. The Morgan fingerprint density at radius 3 is 3.00 bits per heavy atom. The number of hydrogen-bond donors (Lipinski definition) is 0.